The minimum absolute atomic E-state index is 0.490. The lowest BCUT2D eigenvalue weighted by Crippen LogP contribution is -2.07. The molecule has 0 spiro atoms. The van der Waals surface area contributed by atoms with E-state index in [1.54, 1.807) is 42.9 Å². The zero-order valence-corrected chi connectivity index (χ0v) is 17.5. The van der Waals surface area contributed by atoms with Crippen LogP contribution in [0.3, 0.4) is 0 Å². The molecule has 2 aromatic heterocycles. The lowest BCUT2D eigenvalue weighted by atomic mass is 10.1. The van der Waals surface area contributed by atoms with Crippen molar-refractivity contribution in [3.63, 3.8) is 0 Å². The summed E-state index contributed by atoms with van der Waals surface area (Å²) in [4.78, 5) is 9.29. The first-order valence-corrected chi connectivity index (χ1v) is 10.8. The smallest absolute Gasteiger partial charge is 0.250 e. The van der Waals surface area contributed by atoms with Gasteiger partial charge < -0.3 is 9.12 Å². The van der Waals surface area contributed by atoms with Gasteiger partial charge in [0.25, 0.3) is 0 Å². The van der Waals surface area contributed by atoms with Crippen molar-refractivity contribution in [1.29, 1.82) is 5.26 Å². The highest BCUT2D eigenvalue weighted by Crippen LogP contribution is 2.22. The van der Waals surface area contributed by atoms with Gasteiger partial charge >= 0.3 is 0 Å². The third-order valence-corrected chi connectivity index (χ3v) is 6.16. The molecule has 5 nitrogen and oxygen atoms in total. The van der Waals surface area contributed by atoms with Crippen molar-refractivity contribution in [3.05, 3.63) is 107 Å². The summed E-state index contributed by atoms with van der Waals surface area (Å²) in [6.45, 7) is 0.614. The van der Waals surface area contributed by atoms with Crippen LogP contribution in [0.25, 0.3) is 0 Å². The molecule has 148 valence electrons. The molecule has 0 N–H and O–H groups in total. The largest absolute Gasteiger partial charge is 0.605 e. The molecule has 1 atom stereocenters. The number of hydrogen-bond donors (Lipinski definition) is 0. The van der Waals surface area contributed by atoms with Gasteiger partial charge in [-0.2, -0.15) is 5.26 Å². The number of nitriles is 1. The molecule has 2 heterocycles. The van der Waals surface area contributed by atoms with E-state index in [1.165, 1.54) is 0 Å². The summed E-state index contributed by atoms with van der Waals surface area (Å²) in [5.41, 5.74) is 3.81. The predicted molar refractivity (Wildman–Crippen MR) is 116 cm³/mol. The maximum atomic E-state index is 12.7. The maximum absolute atomic E-state index is 12.7. The van der Waals surface area contributed by atoms with Gasteiger partial charge in [0.15, 0.2) is 4.90 Å². The predicted octanol–water partition coefficient (Wildman–Crippen LogP) is 4.61. The van der Waals surface area contributed by atoms with Crippen LogP contribution in [0, 0.1) is 11.3 Å². The molecular formula is C23H17ClN4OS. The molecule has 0 aliphatic rings. The average Bonchev–Trinajstić information content (AvgIpc) is 3.21. The van der Waals surface area contributed by atoms with Gasteiger partial charge in [0.1, 0.15) is 0 Å². The Bertz CT molecular complexity index is 1180. The molecule has 1 unspecified atom stereocenters. The Hall–Kier alpha value is -3.11. The van der Waals surface area contributed by atoms with Crippen LogP contribution in [0.4, 0.5) is 0 Å². The molecule has 0 saturated heterocycles. The monoisotopic (exact) mass is 432 g/mol. The van der Waals surface area contributed by atoms with Gasteiger partial charge in [0, 0.05) is 52.8 Å². The molecule has 7 heteroatoms. The number of hydrogen-bond acceptors (Lipinski definition) is 4. The number of halogens is 1. The summed E-state index contributed by atoms with van der Waals surface area (Å²) in [5, 5.41) is 9.97. The van der Waals surface area contributed by atoms with Crippen LogP contribution in [0.2, 0.25) is 5.02 Å². The van der Waals surface area contributed by atoms with Gasteiger partial charge in [-0.1, -0.05) is 29.8 Å². The van der Waals surface area contributed by atoms with Crippen LogP contribution in [0.15, 0.2) is 89.3 Å². The second-order valence-corrected chi connectivity index (χ2v) is 8.59. The second kappa shape index (κ2) is 9.14. The van der Waals surface area contributed by atoms with E-state index >= 15 is 0 Å². The normalized spacial score (nSPS) is 11.8. The summed E-state index contributed by atoms with van der Waals surface area (Å²) in [6, 6.07) is 20.4. The summed E-state index contributed by atoms with van der Waals surface area (Å²) < 4.78 is 14.7. The fourth-order valence-electron chi connectivity index (χ4n) is 3.06. The van der Waals surface area contributed by atoms with Crippen molar-refractivity contribution in [2.24, 2.45) is 0 Å². The lowest BCUT2D eigenvalue weighted by molar-refractivity contribution is 0.591. The van der Waals surface area contributed by atoms with E-state index < -0.39 is 11.2 Å². The minimum Gasteiger partial charge on any atom is -0.605 e. The molecule has 4 rings (SSSR count). The topological polar surface area (TPSA) is 77.6 Å². The first-order chi connectivity index (χ1) is 14.6. The van der Waals surface area contributed by atoms with Crippen LogP contribution < -0.4 is 0 Å². The minimum atomic E-state index is -1.38. The second-order valence-electron chi connectivity index (χ2n) is 6.73. The van der Waals surface area contributed by atoms with Crippen LogP contribution >= 0.6 is 11.6 Å². The summed E-state index contributed by atoms with van der Waals surface area (Å²) in [5.74, 6) is 0. The quantitative estimate of drug-likeness (QED) is 0.417. The van der Waals surface area contributed by atoms with Crippen molar-refractivity contribution < 1.29 is 4.55 Å². The highest BCUT2D eigenvalue weighted by molar-refractivity contribution is 7.91. The Kier molecular flexibility index (Phi) is 6.15. The van der Waals surface area contributed by atoms with Gasteiger partial charge in [-0.05, 0) is 41.5 Å². The van der Waals surface area contributed by atoms with Crippen LogP contribution in [0.1, 0.15) is 22.4 Å². The number of aromatic nitrogens is 3. The van der Waals surface area contributed by atoms with Crippen molar-refractivity contribution in [1.82, 2.24) is 14.5 Å². The van der Waals surface area contributed by atoms with Gasteiger partial charge in [0.2, 0.25) is 5.03 Å². The first kappa shape index (κ1) is 20.2. The molecule has 0 amide bonds. The molecule has 4 aromatic rings. The Labute approximate surface area is 182 Å². The van der Waals surface area contributed by atoms with E-state index in [2.05, 4.69) is 20.6 Å². The molecule has 0 fully saturated rings. The molecule has 0 saturated carbocycles. The first-order valence-electron chi connectivity index (χ1n) is 9.23. The highest BCUT2D eigenvalue weighted by Gasteiger charge is 2.17. The lowest BCUT2D eigenvalue weighted by Gasteiger charge is -2.11. The Morgan fingerprint density at radius 2 is 1.83 bits per heavy atom. The molecule has 0 aliphatic heterocycles. The molecule has 0 bridgehead atoms. The van der Waals surface area contributed by atoms with E-state index in [4.69, 9.17) is 16.9 Å². The van der Waals surface area contributed by atoms with E-state index in [-0.39, 0.29) is 0 Å². The number of nitrogens with zero attached hydrogens (tertiary/aromatic N) is 4. The van der Waals surface area contributed by atoms with Crippen molar-refractivity contribution in [2.45, 2.75) is 22.9 Å². The van der Waals surface area contributed by atoms with Crippen molar-refractivity contribution in [3.8, 4) is 6.07 Å². The number of pyridine rings is 1. The Morgan fingerprint density at radius 3 is 2.53 bits per heavy atom. The van der Waals surface area contributed by atoms with Gasteiger partial charge in [0.05, 0.1) is 24.5 Å². The van der Waals surface area contributed by atoms with Crippen molar-refractivity contribution in [2.75, 3.05) is 0 Å². The standard InChI is InChI=1S/C23H17ClN4OS/c24-20-2-1-3-22(11-20)30(29)23-9-8-19(13-27-23)15-28-16-26-14-21(28)10-17-4-6-18(12-25)7-5-17/h1-9,11,13-14,16H,10,15H2. The third-order valence-electron chi connectivity index (χ3n) is 4.62. The van der Waals surface area contributed by atoms with Crippen LogP contribution in [0.5, 0.6) is 0 Å². The summed E-state index contributed by atoms with van der Waals surface area (Å²) in [7, 11) is 0. The fraction of sp³-hybridized carbons (Fsp3) is 0.0870. The third kappa shape index (κ3) is 4.71. The zero-order chi connectivity index (χ0) is 20.9. The molecule has 0 aliphatic carbocycles. The van der Waals surface area contributed by atoms with E-state index in [9.17, 15) is 4.55 Å². The van der Waals surface area contributed by atoms with Crippen LogP contribution in [-0.2, 0) is 24.1 Å². The fourth-order valence-corrected chi connectivity index (χ4v) is 4.33. The molecular weight excluding hydrogens is 416 g/mol. The average molecular weight is 433 g/mol. The number of rotatable bonds is 6. The Balaban J connectivity index is 1.46. The highest BCUT2D eigenvalue weighted by atomic mass is 35.5. The summed E-state index contributed by atoms with van der Waals surface area (Å²) >= 11 is 4.62. The molecule has 2 aromatic carbocycles. The number of imidazole rings is 1. The number of benzene rings is 2. The van der Waals surface area contributed by atoms with Crippen molar-refractivity contribution >= 4 is 22.8 Å². The van der Waals surface area contributed by atoms with E-state index in [1.807, 2.05) is 36.5 Å². The van der Waals surface area contributed by atoms with Gasteiger partial charge in [-0.25, -0.2) is 9.97 Å². The zero-order valence-electron chi connectivity index (χ0n) is 15.9. The van der Waals surface area contributed by atoms with E-state index in [0.717, 1.165) is 23.2 Å². The molecule has 30 heavy (non-hydrogen) atoms. The van der Waals surface area contributed by atoms with Gasteiger partial charge in [-0.3, -0.25) is 0 Å². The maximum Gasteiger partial charge on any atom is 0.250 e. The SMILES string of the molecule is N#Cc1ccc(Cc2cncn2Cc2ccc([S+]([O-])c3cccc(Cl)c3)nc2)cc1. The van der Waals surface area contributed by atoms with Crippen LogP contribution in [-0.4, -0.2) is 19.1 Å². The van der Waals surface area contributed by atoms with E-state index in [0.29, 0.717) is 27.1 Å². The van der Waals surface area contributed by atoms with Gasteiger partial charge in [-0.15, -0.1) is 0 Å². The molecule has 0 radical (unpaired) electrons. The Morgan fingerprint density at radius 1 is 1.03 bits per heavy atom. The summed E-state index contributed by atoms with van der Waals surface area (Å²) in [6.07, 6.45) is 6.09.